The zero-order valence-corrected chi connectivity index (χ0v) is 16.2. The second-order valence-electron chi connectivity index (χ2n) is 7.33. The number of ether oxygens (including phenoxy) is 1. The summed E-state index contributed by atoms with van der Waals surface area (Å²) < 4.78 is 5.10. The number of amides is 5. The van der Waals surface area contributed by atoms with Crippen molar-refractivity contribution < 1.29 is 23.9 Å². The molecule has 1 saturated heterocycles. The molecule has 0 unspecified atom stereocenters. The minimum absolute atomic E-state index is 0.121. The summed E-state index contributed by atoms with van der Waals surface area (Å²) in [6.45, 7) is 1.09. The van der Waals surface area contributed by atoms with Crippen molar-refractivity contribution in [1.82, 2.24) is 15.1 Å². The standard InChI is InChI=1S/C19H24N4O5/c1-19(12-7-8-12)17(26)23(18(27)21-19)11-16(25)22(2)10-15(24)20-13-5-4-6-14(9-13)28-3/h4-6,9,12H,7-8,10-11H2,1-3H3,(H,20,24)(H,21,27)/t19-/m0/s1. The molecule has 0 bridgehead atoms. The quantitative estimate of drug-likeness (QED) is 0.672. The molecular formula is C19H24N4O5. The van der Waals surface area contributed by atoms with Gasteiger partial charge in [-0.2, -0.15) is 0 Å². The van der Waals surface area contributed by atoms with Crippen molar-refractivity contribution in [1.29, 1.82) is 0 Å². The van der Waals surface area contributed by atoms with E-state index in [1.807, 2.05) is 0 Å². The lowest BCUT2D eigenvalue weighted by molar-refractivity contribution is -0.139. The van der Waals surface area contributed by atoms with Gasteiger partial charge >= 0.3 is 6.03 Å². The fourth-order valence-corrected chi connectivity index (χ4v) is 3.26. The molecule has 2 N–H and O–H groups in total. The maximum atomic E-state index is 12.6. The fraction of sp³-hybridized carbons (Fsp3) is 0.474. The molecule has 9 nitrogen and oxygen atoms in total. The number of likely N-dealkylation sites (N-methyl/N-ethyl adjacent to an activating group) is 1. The molecular weight excluding hydrogens is 364 g/mol. The van der Waals surface area contributed by atoms with Gasteiger partial charge < -0.3 is 20.3 Å². The molecule has 9 heteroatoms. The van der Waals surface area contributed by atoms with Gasteiger partial charge in [-0.3, -0.25) is 19.3 Å². The molecule has 2 fully saturated rings. The van der Waals surface area contributed by atoms with E-state index in [2.05, 4.69) is 10.6 Å². The van der Waals surface area contributed by atoms with Crippen molar-refractivity contribution in [3.63, 3.8) is 0 Å². The summed E-state index contributed by atoms with van der Waals surface area (Å²) in [5, 5.41) is 5.37. The highest BCUT2D eigenvalue weighted by atomic mass is 16.5. The Hall–Kier alpha value is -3.10. The van der Waals surface area contributed by atoms with Gasteiger partial charge in [0.15, 0.2) is 0 Å². The van der Waals surface area contributed by atoms with Gasteiger partial charge in [0.1, 0.15) is 17.8 Å². The Morgan fingerprint density at radius 2 is 2.07 bits per heavy atom. The molecule has 0 spiro atoms. The van der Waals surface area contributed by atoms with Crippen LogP contribution >= 0.6 is 0 Å². The van der Waals surface area contributed by atoms with Crippen LogP contribution in [0.2, 0.25) is 0 Å². The normalized spacial score (nSPS) is 21.3. The van der Waals surface area contributed by atoms with Gasteiger partial charge in [0.2, 0.25) is 11.8 Å². The van der Waals surface area contributed by atoms with Crippen molar-refractivity contribution >= 4 is 29.4 Å². The Morgan fingerprint density at radius 1 is 1.36 bits per heavy atom. The van der Waals surface area contributed by atoms with Gasteiger partial charge in [-0.15, -0.1) is 0 Å². The maximum Gasteiger partial charge on any atom is 0.325 e. The molecule has 0 aromatic heterocycles. The topological polar surface area (TPSA) is 108 Å². The number of nitrogens with one attached hydrogen (secondary N) is 2. The molecule has 1 aromatic carbocycles. The highest BCUT2D eigenvalue weighted by Gasteiger charge is 2.56. The van der Waals surface area contributed by atoms with Gasteiger partial charge in [0.05, 0.1) is 13.7 Å². The van der Waals surface area contributed by atoms with Crippen molar-refractivity contribution in [2.75, 3.05) is 32.6 Å². The van der Waals surface area contributed by atoms with E-state index in [1.54, 1.807) is 31.2 Å². The largest absolute Gasteiger partial charge is 0.497 e. The Kier molecular flexibility index (Phi) is 5.26. The van der Waals surface area contributed by atoms with Crippen LogP contribution in [0.3, 0.4) is 0 Å². The Morgan fingerprint density at radius 3 is 2.71 bits per heavy atom. The zero-order valence-electron chi connectivity index (χ0n) is 16.2. The van der Waals surface area contributed by atoms with E-state index in [0.717, 1.165) is 17.7 Å². The summed E-state index contributed by atoms with van der Waals surface area (Å²) in [6, 6.07) is 6.28. The molecule has 1 aliphatic carbocycles. The molecule has 5 amide bonds. The summed E-state index contributed by atoms with van der Waals surface area (Å²) in [7, 11) is 2.98. The second-order valence-corrected chi connectivity index (χ2v) is 7.33. The number of benzene rings is 1. The van der Waals surface area contributed by atoms with Crippen LogP contribution in [0.1, 0.15) is 19.8 Å². The first kappa shape index (κ1) is 19.7. The van der Waals surface area contributed by atoms with Crippen LogP contribution in [0.15, 0.2) is 24.3 Å². The molecule has 1 heterocycles. The van der Waals surface area contributed by atoms with Crippen LogP contribution < -0.4 is 15.4 Å². The summed E-state index contributed by atoms with van der Waals surface area (Å²) in [4.78, 5) is 51.5. The number of anilines is 1. The number of rotatable bonds is 7. The van der Waals surface area contributed by atoms with Gasteiger partial charge in [-0.05, 0) is 37.8 Å². The summed E-state index contributed by atoms with van der Waals surface area (Å²) in [6.07, 6.45) is 1.77. The lowest BCUT2D eigenvalue weighted by Gasteiger charge is -2.22. The number of imide groups is 1. The average Bonchev–Trinajstić information content (AvgIpc) is 3.47. The van der Waals surface area contributed by atoms with Crippen LogP contribution in [0.5, 0.6) is 5.75 Å². The SMILES string of the molecule is COc1cccc(NC(=O)CN(C)C(=O)CN2C(=O)N[C@@](C)(C3CC3)C2=O)c1. The van der Waals surface area contributed by atoms with Crippen LogP contribution in [0.25, 0.3) is 0 Å². The highest BCUT2D eigenvalue weighted by molar-refractivity contribution is 6.09. The molecule has 1 saturated carbocycles. The van der Waals surface area contributed by atoms with Crippen LogP contribution in [-0.4, -0.2) is 66.3 Å². The lowest BCUT2D eigenvalue weighted by Crippen LogP contribution is -2.47. The minimum atomic E-state index is -0.931. The molecule has 0 radical (unpaired) electrons. The number of methoxy groups -OCH3 is 1. The number of hydrogen-bond donors (Lipinski definition) is 2. The van der Waals surface area contributed by atoms with Crippen molar-refractivity contribution in [2.45, 2.75) is 25.3 Å². The van der Waals surface area contributed by atoms with Gasteiger partial charge in [0.25, 0.3) is 5.91 Å². The average molecular weight is 388 g/mol. The molecule has 1 aromatic rings. The van der Waals surface area contributed by atoms with Crippen LogP contribution in [0, 0.1) is 5.92 Å². The van der Waals surface area contributed by atoms with Gasteiger partial charge in [-0.1, -0.05) is 6.07 Å². The predicted molar refractivity (Wildman–Crippen MR) is 101 cm³/mol. The first-order chi connectivity index (χ1) is 13.2. The maximum absolute atomic E-state index is 12.6. The first-order valence-electron chi connectivity index (χ1n) is 9.06. The Labute approximate surface area is 163 Å². The number of urea groups is 1. The predicted octanol–water partition coefficient (Wildman–Crippen LogP) is 0.813. The first-order valence-corrected chi connectivity index (χ1v) is 9.06. The van der Waals surface area contributed by atoms with Gasteiger partial charge in [-0.25, -0.2) is 4.79 Å². The zero-order chi connectivity index (χ0) is 20.5. The van der Waals surface area contributed by atoms with E-state index < -0.39 is 29.9 Å². The van der Waals surface area contributed by atoms with Crippen LogP contribution in [0.4, 0.5) is 10.5 Å². The number of carbonyl (C=O) groups is 4. The van der Waals surface area contributed by atoms with E-state index in [-0.39, 0.29) is 18.4 Å². The number of carbonyl (C=O) groups excluding carboxylic acids is 4. The molecule has 28 heavy (non-hydrogen) atoms. The van der Waals surface area contributed by atoms with E-state index in [4.69, 9.17) is 4.74 Å². The van der Waals surface area contributed by atoms with Crippen molar-refractivity contribution in [2.24, 2.45) is 5.92 Å². The highest BCUT2D eigenvalue weighted by Crippen LogP contribution is 2.42. The third-order valence-corrected chi connectivity index (χ3v) is 5.15. The molecule has 1 aliphatic heterocycles. The molecule has 1 atom stereocenters. The molecule has 3 rings (SSSR count). The Bertz CT molecular complexity index is 822. The fourth-order valence-electron chi connectivity index (χ4n) is 3.26. The molecule has 2 aliphatic rings. The third kappa shape index (κ3) is 3.92. The van der Waals surface area contributed by atoms with E-state index in [0.29, 0.717) is 11.4 Å². The minimum Gasteiger partial charge on any atom is -0.497 e. The van der Waals surface area contributed by atoms with E-state index >= 15 is 0 Å². The monoisotopic (exact) mass is 388 g/mol. The smallest absolute Gasteiger partial charge is 0.325 e. The summed E-state index contributed by atoms with van der Waals surface area (Å²) >= 11 is 0. The van der Waals surface area contributed by atoms with E-state index in [1.165, 1.54) is 19.1 Å². The number of nitrogens with zero attached hydrogens (tertiary/aromatic N) is 2. The lowest BCUT2D eigenvalue weighted by atomic mass is 9.96. The third-order valence-electron chi connectivity index (χ3n) is 5.15. The summed E-state index contributed by atoms with van der Waals surface area (Å²) in [5.41, 5.74) is -0.390. The van der Waals surface area contributed by atoms with E-state index in [9.17, 15) is 19.2 Å². The Balaban J connectivity index is 1.55. The van der Waals surface area contributed by atoms with Crippen LogP contribution in [-0.2, 0) is 14.4 Å². The molecule has 150 valence electrons. The van der Waals surface area contributed by atoms with Gasteiger partial charge in [0, 0.05) is 18.8 Å². The second kappa shape index (κ2) is 7.49. The summed E-state index contributed by atoms with van der Waals surface area (Å²) in [5.74, 6) is -0.564. The van der Waals surface area contributed by atoms with Crippen molar-refractivity contribution in [3.05, 3.63) is 24.3 Å². The number of hydrogen-bond acceptors (Lipinski definition) is 5. The van der Waals surface area contributed by atoms with Crippen molar-refractivity contribution in [3.8, 4) is 5.75 Å².